The molecular weight excluding hydrogens is 401 g/mol. The predicted octanol–water partition coefficient (Wildman–Crippen LogP) is 3.07. The molecule has 1 spiro atoms. The number of amides is 1. The fraction of sp³-hybridized carbons (Fsp3) is 0.381. The van der Waals surface area contributed by atoms with E-state index in [0.717, 1.165) is 11.1 Å². The average molecular weight is 422 g/mol. The number of alkyl halides is 3. The molecule has 1 saturated heterocycles. The Kier molecular flexibility index (Phi) is 5.21. The molecule has 2 unspecified atom stereocenters. The molecule has 1 aliphatic carbocycles. The zero-order valence-electron chi connectivity index (χ0n) is 15.9. The van der Waals surface area contributed by atoms with Gasteiger partial charge in [-0.1, -0.05) is 30.3 Å². The van der Waals surface area contributed by atoms with Crippen LogP contribution in [0.5, 0.6) is 5.75 Å². The van der Waals surface area contributed by atoms with Crippen molar-refractivity contribution in [1.29, 1.82) is 0 Å². The highest BCUT2D eigenvalue weighted by molar-refractivity contribution is 5.86. The van der Waals surface area contributed by atoms with Gasteiger partial charge in [-0.3, -0.25) is 4.79 Å². The molecule has 2 aromatic carbocycles. The molecule has 1 amide bonds. The van der Waals surface area contributed by atoms with Crippen LogP contribution < -0.4 is 10.2 Å². The van der Waals surface area contributed by atoms with Gasteiger partial charge >= 0.3 is 6.36 Å². The fourth-order valence-corrected chi connectivity index (χ4v) is 4.52. The van der Waals surface area contributed by atoms with Gasteiger partial charge in [0.05, 0.1) is 5.41 Å². The number of likely N-dealkylation sites (tertiary alicyclic amines) is 1. The van der Waals surface area contributed by atoms with Crippen molar-refractivity contribution >= 4 is 5.91 Å². The van der Waals surface area contributed by atoms with Crippen LogP contribution in [0, 0.1) is 5.41 Å². The molecule has 0 saturated carbocycles. The van der Waals surface area contributed by atoms with Crippen LogP contribution >= 0.6 is 0 Å². The molecule has 2 atom stereocenters. The first-order valence-corrected chi connectivity index (χ1v) is 9.53. The predicted molar refractivity (Wildman–Crippen MR) is 99.3 cm³/mol. The number of aliphatic hydroxyl groups excluding tert-OH is 1. The molecule has 0 aromatic heterocycles. The molecule has 6 nitrogen and oxygen atoms in total. The summed E-state index contributed by atoms with van der Waals surface area (Å²) in [7, 11) is 0. The second kappa shape index (κ2) is 7.57. The molecule has 4 rings (SSSR count). The lowest BCUT2D eigenvalue weighted by Gasteiger charge is -2.23. The number of nitrogens with one attached hydrogen (secondary N) is 1. The van der Waals surface area contributed by atoms with Crippen molar-refractivity contribution in [1.82, 2.24) is 10.4 Å². The standard InChI is InChI=1S/C21H21F3N2O4/c22-21(23,24)30-15-6-4-13(5-7-15)12-26-9-8-20(19(26)28)10-14-2-1-3-16(17(14)11-20)18(27)25-29/h1-7,18,25,27,29H,8-12H2. The molecule has 1 heterocycles. The van der Waals surface area contributed by atoms with Crippen molar-refractivity contribution in [3.63, 3.8) is 0 Å². The molecule has 30 heavy (non-hydrogen) atoms. The fourth-order valence-electron chi connectivity index (χ4n) is 4.52. The maximum atomic E-state index is 13.2. The first kappa shape index (κ1) is 20.6. The van der Waals surface area contributed by atoms with Gasteiger partial charge in [-0.25, -0.2) is 0 Å². The van der Waals surface area contributed by atoms with E-state index in [-0.39, 0.29) is 11.7 Å². The van der Waals surface area contributed by atoms with Crippen molar-refractivity contribution in [3.8, 4) is 5.75 Å². The van der Waals surface area contributed by atoms with Gasteiger partial charge in [0.25, 0.3) is 0 Å². The maximum Gasteiger partial charge on any atom is 0.573 e. The summed E-state index contributed by atoms with van der Waals surface area (Å²) in [5, 5.41) is 19.1. The Morgan fingerprint density at radius 3 is 2.57 bits per heavy atom. The Morgan fingerprint density at radius 1 is 1.17 bits per heavy atom. The normalized spacial score (nSPS) is 21.9. The molecule has 1 fully saturated rings. The van der Waals surface area contributed by atoms with Crippen molar-refractivity contribution in [2.45, 2.75) is 38.4 Å². The lowest BCUT2D eigenvalue weighted by atomic mass is 9.83. The minimum absolute atomic E-state index is 0.00767. The highest BCUT2D eigenvalue weighted by Gasteiger charge is 2.50. The van der Waals surface area contributed by atoms with Crippen LogP contribution in [0.4, 0.5) is 13.2 Å². The number of rotatable bonds is 5. The van der Waals surface area contributed by atoms with E-state index < -0.39 is 18.0 Å². The number of hydroxylamine groups is 1. The molecule has 9 heteroatoms. The lowest BCUT2D eigenvalue weighted by molar-refractivity contribution is -0.274. The number of hydrogen-bond donors (Lipinski definition) is 3. The van der Waals surface area contributed by atoms with Crippen LogP contribution in [0.15, 0.2) is 42.5 Å². The Labute approximate surface area is 170 Å². The molecule has 2 aliphatic rings. The smallest absolute Gasteiger partial charge is 0.406 e. The Bertz CT molecular complexity index is 948. The van der Waals surface area contributed by atoms with Crippen LogP contribution in [-0.2, 0) is 24.2 Å². The summed E-state index contributed by atoms with van der Waals surface area (Å²) in [4.78, 5) is 14.9. The summed E-state index contributed by atoms with van der Waals surface area (Å²) in [5.41, 5.74) is 4.37. The average Bonchev–Trinajstić information content (AvgIpc) is 3.22. The monoisotopic (exact) mass is 422 g/mol. The molecule has 0 radical (unpaired) electrons. The number of hydrogen-bond acceptors (Lipinski definition) is 5. The zero-order chi connectivity index (χ0) is 21.5. The second-order valence-corrected chi connectivity index (χ2v) is 7.82. The molecule has 160 valence electrons. The largest absolute Gasteiger partial charge is 0.573 e. The Balaban J connectivity index is 1.47. The van der Waals surface area contributed by atoms with E-state index in [9.17, 15) is 23.1 Å². The molecule has 2 aromatic rings. The maximum absolute atomic E-state index is 13.2. The third-order valence-electron chi connectivity index (χ3n) is 5.90. The minimum atomic E-state index is -4.74. The van der Waals surface area contributed by atoms with Gasteiger partial charge in [0.1, 0.15) is 5.75 Å². The third kappa shape index (κ3) is 3.88. The van der Waals surface area contributed by atoms with E-state index in [2.05, 4.69) is 4.74 Å². The summed E-state index contributed by atoms with van der Waals surface area (Å²) in [5.74, 6) is -0.308. The quantitative estimate of drug-likeness (QED) is 0.510. The minimum Gasteiger partial charge on any atom is -0.406 e. The van der Waals surface area contributed by atoms with Crippen LogP contribution in [0.3, 0.4) is 0 Å². The molecule has 3 N–H and O–H groups in total. The first-order valence-electron chi connectivity index (χ1n) is 9.53. The number of benzene rings is 2. The molecular formula is C21H21F3N2O4. The van der Waals surface area contributed by atoms with Gasteiger partial charge in [-0.15, -0.1) is 13.2 Å². The highest BCUT2D eigenvalue weighted by Crippen LogP contribution is 2.46. The number of carbonyl (C=O) groups is 1. The number of fused-ring (bicyclic) bond motifs is 1. The highest BCUT2D eigenvalue weighted by atomic mass is 19.4. The topological polar surface area (TPSA) is 82.0 Å². The summed E-state index contributed by atoms with van der Waals surface area (Å²) in [6.07, 6.45) is -4.28. The lowest BCUT2D eigenvalue weighted by Crippen LogP contribution is -2.35. The Morgan fingerprint density at radius 2 is 1.90 bits per heavy atom. The number of nitrogens with zero attached hydrogens (tertiary/aromatic N) is 1. The molecule has 0 bridgehead atoms. The van der Waals surface area contributed by atoms with Crippen molar-refractivity contribution in [2.24, 2.45) is 5.41 Å². The first-order chi connectivity index (χ1) is 14.2. The van der Waals surface area contributed by atoms with Crippen molar-refractivity contribution in [2.75, 3.05) is 6.54 Å². The van der Waals surface area contributed by atoms with Gasteiger partial charge in [0, 0.05) is 18.7 Å². The summed E-state index contributed by atoms with van der Waals surface area (Å²) in [6, 6.07) is 10.9. The van der Waals surface area contributed by atoms with Gasteiger partial charge in [0.15, 0.2) is 6.23 Å². The zero-order valence-corrected chi connectivity index (χ0v) is 15.9. The van der Waals surface area contributed by atoms with E-state index in [4.69, 9.17) is 5.21 Å². The van der Waals surface area contributed by atoms with Gasteiger partial charge in [0.2, 0.25) is 5.91 Å². The van der Waals surface area contributed by atoms with Crippen LogP contribution in [0.1, 0.15) is 34.9 Å². The van der Waals surface area contributed by atoms with Gasteiger partial charge in [-0.2, -0.15) is 5.48 Å². The van der Waals surface area contributed by atoms with Crippen LogP contribution in [-0.4, -0.2) is 34.0 Å². The number of ether oxygens (including phenoxy) is 1. The summed E-state index contributed by atoms with van der Waals surface area (Å²) >= 11 is 0. The SMILES string of the molecule is O=C1N(Cc2ccc(OC(F)(F)F)cc2)CCC12Cc1cccc(C(O)NO)c1C2. The third-order valence-corrected chi connectivity index (χ3v) is 5.90. The second-order valence-electron chi connectivity index (χ2n) is 7.82. The van der Waals surface area contributed by atoms with E-state index in [1.54, 1.807) is 17.0 Å². The van der Waals surface area contributed by atoms with Gasteiger partial charge < -0.3 is 20.0 Å². The molecule has 1 aliphatic heterocycles. The van der Waals surface area contributed by atoms with E-state index in [0.29, 0.717) is 43.5 Å². The number of halogens is 3. The summed E-state index contributed by atoms with van der Waals surface area (Å²) in [6.45, 7) is 0.848. The van der Waals surface area contributed by atoms with E-state index >= 15 is 0 Å². The van der Waals surface area contributed by atoms with Crippen molar-refractivity contribution < 1.29 is 33.0 Å². The Hall–Kier alpha value is -2.62. The summed E-state index contributed by atoms with van der Waals surface area (Å²) < 4.78 is 40.8. The van der Waals surface area contributed by atoms with Crippen LogP contribution in [0.25, 0.3) is 0 Å². The van der Waals surface area contributed by atoms with E-state index in [1.807, 2.05) is 11.5 Å². The van der Waals surface area contributed by atoms with Crippen LogP contribution in [0.2, 0.25) is 0 Å². The number of carbonyl (C=O) groups excluding carboxylic acids is 1. The van der Waals surface area contributed by atoms with E-state index in [1.165, 1.54) is 24.3 Å². The van der Waals surface area contributed by atoms with Gasteiger partial charge in [-0.05, 0) is 48.1 Å². The van der Waals surface area contributed by atoms with Crippen molar-refractivity contribution in [3.05, 3.63) is 64.7 Å². The number of aliphatic hydroxyl groups is 1.